The van der Waals surface area contributed by atoms with Crippen LogP contribution in [0.25, 0.3) is 0 Å². The Kier molecular flexibility index (Phi) is 5.72. The summed E-state index contributed by atoms with van der Waals surface area (Å²) in [5.41, 5.74) is 4.19. The molecule has 30 heavy (non-hydrogen) atoms. The first-order chi connectivity index (χ1) is 14.5. The molecule has 0 unspecified atom stereocenters. The largest absolute Gasteiger partial charge is 0.369 e. The van der Waals surface area contributed by atoms with Crippen LogP contribution in [0, 0.1) is 13.8 Å². The van der Waals surface area contributed by atoms with Gasteiger partial charge in [-0.05, 0) is 67.6 Å². The van der Waals surface area contributed by atoms with E-state index in [0.717, 1.165) is 29.7 Å². The lowest BCUT2D eigenvalue weighted by molar-refractivity contribution is -0.178. The standard InChI is InChI=1S/C23H28N4O3/c1-15-4-5-18(14-16(15)2)25-23(29)26-12-8-19(9-13-26)27-20(21(30-3)22(27)28)17-6-10-24-11-7-17/h4-7,10-11,14,19-21H,8-9,12-13H2,1-3H3,(H,25,29)/t20-,21+/m0/s1. The number of anilines is 1. The second-order valence-electron chi connectivity index (χ2n) is 8.07. The van der Waals surface area contributed by atoms with E-state index in [-0.39, 0.29) is 24.0 Å². The number of hydrogen-bond donors (Lipinski definition) is 1. The van der Waals surface area contributed by atoms with E-state index in [1.807, 2.05) is 47.1 Å². The normalized spacial score (nSPS) is 22.0. The Morgan fingerprint density at radius 3 is 2.43 bits per heavy atom. The number of carbonyl (C=O) groups excluding carboxylic acids is 2. The van der Waals surface area contributed by atoms with Crippen LogP contribution < -0.4 is 5.32 Å². The number of aromatic nitrogens is 1. The number of carbonyl (C=O) groups is 2. The molecule has 158 valence electrons. The summed E-state index contributed by atoms with van der Waals surface area (Å²) in [7, 11) is 1.58. The summed E-state index contributed by atoms with van der Waals surface area (Å²) in [5.74, 6) is 0.0253. The summed E-state index contributed by atoms with van der Waals surface area (Å²) in [6, 6.07) is 9.72. The number of methoxy groups -OCH3 is 1. The highest BCUT2D eigenvalue weighted by Crippen LogP contribution is 2.40. The van der Waals surface area contributed by atoms with Gasteiger partial charge in [0.05, 0.1) is 6.04 Å². The van der Waals surface area contributed by atoms with Gasteiger partial charge in [-0.25, -0.2) is 4.79 Å². The summed E-state index contributed by atoms with van der Waals surface area (Å²) in [4.78, 5) is 33.2. The molecule has 7 nitrogen and oxygen atoms in total. The van der Waals surface area contributed by atoms with Crippen molar-refractivity contribution in [3.8, 4) is 0 Å². The molecule has 2 aromatic rings. The van der Waals surface area contributed by atoms with Gasteiger partial charge in [0.1, 0.15) is 0 Å². The molecule has 0 saturated carbocycles. The SMILES string of the molecule is CO[C@H]1C(=O)N(C2CCN(C(=O)Nc3ccc(C)c(C)c3)CC2)[C@H]1c1ccncc1. The van der Waals surface area contributed by atoms with E-state index >= 15 is 0 Å². The highest BCUT2D eigenvalue weighted by Gasteiger charge is 2.51. The number of urea groups is 1. The molecule has 2 saturated heterocycles. The smallest absolute Gasteiger partial charge is 0.321 e. The van der Waals surface area contributed by atoms with E-state index < -0.39 is 6.10 Å². The van der Waals surface area contributed by atoms with Gasteiger partial charge in [-0.3, -0.25) is 9.78 Å². The van der Waals surface area contributed by atoms with E-state index in [4.69, 9.17) is 4.74 Å². The Balaban J connectivity index is 1.38. The molecule has 2 fully saturated rings. The average Bonchev–Trinajstić information content (AvgIpc) is 2.76. The van der Waals surface area contributed by atoms with Gasteiger partial charge in [0.25, 0.3) is 5.91 Å². The van der Waals surface area contributed by atoms with Crippen molar-refractivity contribution in [3.05, 3.63) is 59.4 Å². The van der Waals surface area contributed by atoms with Crippen LogP contribution in [-0.2, 0) is 9.53 Å². The monoisotopic (exact) mass is 408 g/mol. The number of hydrogen-bond acceptors (Lipinski definition) is 4. The number of nitrogens with zero attached hydrogens (tertiary/aromatic N) is 3. The molecule has 2 aliphatic heterocycles. The van der Waals surface area contributed by atoms with Gasteiger partial charge in [0.2, 0.25) is 0 Å². The Labute approximate surface area is 177 Å². The second-order valence-corrected chi connectivity index (χ2v) is 8.07. The first kappa shape index (κ1) is 20.3. The Hall–Kier alpha value is -2.93. The lowest BCUT2D eigenvalue weighted by Gasteiger charge is -2.52. The molecular weight excluding hydrogens is 380 g/mol. The number of piperidine rings is 1. The molecule has 2 aliphatic rings. The van der Waals surface area contributed by atoms with Crippen molar-refractivity contribution in [1.82, 2.24) is 14.8 Å². The molecular formula is C23H28N4O3. The first-order valence-corrected chi connectivity index (χ1v) is 10.4. The molecule has 0 aliphatic carbocycles. The van der Waals surface area contributed by atoms with Crippen molar-refractivity contribution >= 4 is 17.6 Å². The third-order valence-corrected chi connectivity index (χ3v) is 6.29. The molecule has 1 aromatic carbocycles. The highest BCUT2D eigenvalue weighted by atomic mass is 16.5. The van der Waals surface area contributed by atoms with E-state index in [1.54, 1.807) is 19.5 Å². The molecule has 1 N–H and O–H groups in total. The van der Waals surface area contributed by atoms with E-state index in [2.05, 4.69) is 17.2 Å². The zero-order valence-electron chi connectivity index (χ0n) is 17.7. The quantitative estimate of drug-likeness (QED) is 0.788. The summed E-state index contributed by atoms with van der Waals surface area (Å²) >= 11 is 0. The number of ether oxygens (including phenoxy) is 1. The number of benzene rings is 1. The van der Waals surface area contributed by atoms with Gasteiger partial charge in [-0.1, -0.05) is 6.07 Å². The van der Waals surface area contributed by atoms with E-state index in [1.165, 1.54) is 5.56 Å². The minimum Gasteiger partial charge on any atom is -0.369 e. The molecule has 3 amide bonds. The number of rotatable bonds is 4. The van der Waals surface area contributed by atoms with Crippen molar-refractivity contribution in [1.29, 1.82) is 0 Å². The molecule has 3 heterocycles. The van der Waals surface area contributed by atoms with Crippen molar-refractivity contribution in [2.75, 3.05) is 25.5 Å². The maximum absolute atomic E-state index is 12.7. The minimum absolute atomic E-state index is 0.0253. The highest BCUT2D eigenvalue weighted by molar-refractivity contribution is 5.90. The molecule has 4 rings (SSSR count). The van der Waals surface area contributed by atoms with Gasteiger partial charge < -0.3 is 19.9 Å². The maximum Gasteiger partial charge on any atom is 0.321 e. The molecule has 7 heteroatoms. The predicted octanol–water partition coefficient (Wildman–Crippen LogP) is 3.29. The van der Waals surface area contributed by atoms with Crippen molar-refractivity contribution in [2.45, 2.75) is 44.9 Å². The van der Waals surface area contributed by atoms with Crippen LogP contribution in [0.15, 0.2) is 42.7 Å². The number of pyridine rings is 1. The number of β-lactam (4-membered cyclic amide) rings is 1. The zero-order valence-corrected chi connectivity index (χ0v) is 17.7. The number of aryl methyl sites for hydroxylation is 2. The van der Waals surface area contributed by atoms with Crippen LogP contribution in [0.5, 0.6) is 0 Å². The third-order valence-electron chi connectivity index (χ3n) is 6.29. The van der Waals surface area contributed by atoms with Crippen molar-refractivity contribution in [3.63, 3.8) is 0 Å². The summed E-state index contributed by atoms with van der Waals surface area (Å²) in [6.45, 7) is 5.32. The lowest BCUT2D eigenvalue weighted by atomic mass is 9.86. The summed E-state index contributed by atoms with van der Waals surface area (Å²) in [6.07, 6.45) is 4.54. The Morgan fingerprint density at radius 2 is 1.80 bits per heavy atom. The van der Waals surface area contributed by atoms with Gasteiger partial charge >= 0.3 is 6.03 Å². The van der Waals surface area contributed by atoms with Crippen LogP contribution in [0.1, 0.15) is 35.6 Å². The molecule has 0 radical (unpaired) electrons. The molecule has 0 bridgehead atoms. The number of amides is 3. The van der Waals surface area contributed by atoms with Gasteiger partial charge in [0.15, 0.2) is 6.10 Å². The predicted molar refractivity (Wildman–Crippen MR) is 114 cm³/mol. The third kappa shape index (κ3) is 3.77. The maximum atomic E-state index is 12.7. The fourth-order valence-electron chi connectivity index (χ4n) is 4.38. The van der Waals surface area contributed by atoms with Gasteiger partial charge in [-0.15, -0.1) is 0 Å². The average molecular weight is 409 g/mol. The summed E-state index contributed by atoms with van der Waals surface area (Å²) < 4.78 is 5.44. The zero-order chi connectivity index (χ0) is 21.3. The van der Waals surface area contributed by atoms with E-state index in [9.17, 15) is 9.59 Å². The Morgan fingerprint density at radius 1 is 1.10 bits per heavy atom. The summed E-state index contributed by atoms with van der Waals surface area (Å²) in [5, 5.41) is 2.99. The van der Waals surface area contributed by atoms with E-state index in [0.29, 0.717) is 13.1 Å². The Bertz CT molecular complexity index is 925. The lowest BCUT2D eigenvalue weighted by Crippen LogP contribution is -2.64. The van der Waals surface area contributed by atoms with Crippen LogP contribution >= 0.6 is 0 Å². The fraction of sp³-hybridized carbons (Fsp3) is 0.435. The topological polar surface area (TPSA) is 74.8 Å². The fourth-order valence-corrected chi connectivity index (χ4v) is 4.38. The van der Waals surface area contributed by atoms with Gasteiger partial charge in [-0.2, -0.15) is 0 Å². The van der Waals surface area contributed by atoms with Crippen LogP contribution in [0.4, 0.5) is 10.5 Å². The number of nitrogens with one attached hydrogen (secondary N) is 1. The van der Waals surface area contributed by atoms with Crippen LogP contribution in [0.3, 0.4) is 0 Å². The van der Waals surface area contributed by atoms with Gasteiger partial charge in [0, 0.05) is 44.3 Å². The second kappa shape index (κ2) is 8.44. The number of likely N-dealkylation sites (tertiary alicyclic amines) is 2. The van der Waals surface area contributed by atoms with Crippen LogP contribution in [-0.4, -0.2) is 59.1 Å². The van der Waals surface area contributed by atoms with Crippen LogP contribution in [0.2, 0.25) is 0 Å². The van der Waals surface area contributed by atoms with Crippen molar-refractivity contribution in [2.24, 2.45) is 0 Å². The van der Waals surface area contributed by atoms with Crippen molar-refractivity contribution < 1.29 is 14.3 Å². The molecule has 1 aromatic heterocycles. The molecule has 2 atom stereocenters. The first-order valence-electron chi connectivity index (χ1n) is 10.4. The molecule has 0 spiro atoms. The minimum atomic E-state index is -0.446.